The van der Waals surface area contributed by atoms with Crippen molar-refractivity contribution in [1.82, 2.24) is 26.6 Å². The average Bonchev–Trinajstić information content (AvgIpc) is 1.47. The Balaban J connectivity index is 1.55. The molecule has 3 aliphatic rings. The highest BCUT2D eigenvalue weighted by molar-refractivity contribution is 5.94. The number of amides is 5. The summed E-state index contributed by atoms with van der Waals surface area (Å²) < 4.78 is 59.8. The predicted molar refractivity (Wildman–Crippen MR) is 306 cm³/mol. The summed E-state index contributed by atoms with van der Waals surface area (Å²) in [4.78, 5) is 63.2. The number of nitrogens with one attached hydrogen (secondary N) is 5. The van der Waals surface area contributed by atoms with E-state index in [4.69, 9.17) is 47.4 Å². The molecule has 0 bridgehead atoms. The zero-order valence-electron chi connectivity index (χ0n) is 51.4. The van der Waals surface area contributed by atoms with E-state index in [1.54, 1.807) is 12.1 Å². The largest absolute Gasteiger partial charge is 0.494 e. The summed E-state index contributed by atoms with van der Waals surface area (Å²) in [5, 5.41) is 142. The zero-order chi connectivity index (χ0) is 66.1. The van der Waals surface area contributed by atoms with Gasteiger partial charge >= 0.3 is 0 Å². The third kappa shape index (κ3) is 23.6. The molecule has 0 spiro atoms. The minimum atomic E-state index is -2.08. The van der Waals surface area contributed by atoms with E-state index in [1.807, 2.05) is 5.32 Å². The molecule has 89 heavy (non-hydrogen) atoms. The summed E-state index contributed by atoms with van der Waals surface area (Å²) in [6.07, 6.45) is -23.1. The van der Waals surface area contributed by atoms with Gasteiger partial charge < -0.3 is 135 Å². The van der Waals surface area contributed by atoms with Gasteiger partial charge in [-0.05, 0) is 38.5 Å². The molecule has 3 fully saturated rings. The standard InChI is InChI=1S/C57H97N5O27/c1-8-9-10-11-12-13-14-15-16-20-80-35-19-17-18-34(21-35)51(77)62-42-46(74)45(73)39(25-66)85-57(42)89-50-41(27-68)87-56(44(48(50)76)60-32(6)71)84-38(24-65)37(23-64)83-54(28(2)58-30(4)69)88-49-40(26-67)86-55(43(47(49)75)59-31(5)70)81-29(3)36(22-63)82-53(79)52(78)61-33(7)72/h17-19,21,28-29,36-50,52-57,63-68,73-76,78-79H,8-16,20,22-27H2,1-7H3,(H,58,69)(H,59,70)(H,60,71)(H,61,72)(H,62,77)/t28-,29?,36?,37?,38?,39?,40-,41-,42-,43?,44?,45+,46+,47?,48?,49+,50+,52-,53?,54-,55?,56+,57?/m0/s1. The Morgan fingerprint density at radius 2 is 1.07 bits per heavy atom. The van der Waals surface area contributed by atoms with E-state index in [1.165, 1.54) is 58.1 Å². The molecular formula is C57H97N5O27. The van der Waals surface area contributed by atoms with Crippen LogP contribution in [0.4, 0.5) is 0 Å². The van der Waals surface area contributed by atoms with Gasteiger partial charge in [-0.2, -0.15) is 0 Å². The van der Waals surface area contributed by atoms with Crippen molar-refractivity contribution in [2.75, 3.05) is 46.2 Å². The Labute approximate surface area is 516 Å². The number of carbonyl (C=O) groups excluding carboxylic acids is 5. The Morgan fingerprint density at radius 3 is 1.61 bits per heavy atom. The minimum Gasteiger partial charge on any atom is -0.494 e. The van der Waals surface area contributed by atoms with Crippen LogP contribution in [0.15, 0.2) is 24.3 Å². The zero-order valence-corrected chi connectivity index (χ0v) is 51.4. The smallest absolute Gasteiger partial charge is 0.251 e. The second-order valence-corrected chi connectivity index (χ2v) is 22.3. The van der Waals surface area contributed by atoms with Crippen LogP contribution in [0.25, 0.3) is 0 Å². The molecule has 23 atom stereocenters. The molecule has 0 aliphatic carbocycles. The monoisotopic (exact) mass is 1280 g/mol. The van der Waals surface area contributed by atoms with Gasteiger partial charge in [0.15, 0.2) is 31.4 Å². The van der Waals surface area contributed by atoms with Crippen LogP contribution >= 0.6 is 0 Å². The lowest BCUT2D eigenvalue weighted by Crippen LogP contribution is -2.69. The molecule has 17 N–H and O–H groups in total. The summed E-state index contributed by atoms with van der Waals surface area (Å²) in [6.45, 7) is 3.91. The first-order valence-corrected chi connectivity index (χ1v) is 30.1. The number of benzene rings is 1. The first-order chi connectivity index (χ1) is 42.4. The van der Waals surface area contributed by atoms with Crippen molar-refractivity contribution < 1.29 is 133 Å². The van der Waals surface area contributed by atoms with Gasteiger partial charge in [0.2, 0.25) is 29.9 Å². The molecule has 4 rings (SSSR count). The topological polar surface area (TPSA) is 481 Å². The van der Waals surface area contributed by atoms with Gasteiger partial charge in [-0.15, -0.1) is 0 Å². The molecule has 32 nitrogen and oxygen atoms in total. The fourth-order valence-electron chi connectivity index (χ4n) is 10.3. The maximum absolute atomic E-state index is 13.9. The van der Waals surface area contributed by atoms with Crippen LogP contribution in [0.2, 0.25) is 0 Å². The first kappa shape index (κ1) is 77.0. The van der Waals surface area contributed by atoms with E-state index >= 15 is 0 Å². The number of hydrogen-bond donors (Lipinski definition) is 17. The van der Waals surface area contributed by atoms with Crippen LogP contribution in [0.3, 0.4) is 0 Å². The number of rotatable bonds is 39. The van der Waals surface area contributed by atoms with Crippen LogP contribution in [0, 0.1) is 0 Å². The van der Waals surface area contributed by atoms with Crippen molar-refractivity contribution in [1.29, 1.82) is 0 Å². The third-order valence-corrected chi connectivity index (χ3v) is 15.0. The molecule has 1 aromatic rings. The quantitative estimate of drug-likeness (QED) is 0.0217. The Hall–Kier alpha value is -4.47. The molecule has 3 aliphatic heterocycles. The molecule has 512 valence electrons. The molecule has 3 saturated heterocycles. The lowest BCUT2D eigenvalue weighted by molar-refractivity contribution is -0.346. The minimum absolute atomic E-state index is 0.0752. The fourth-order valence-corrected chi connectivity index (χ4v) is 10.3. The molecule has 32 heteroatoms. The van der Waals surface area contributed by atoms with Crippen molar-refractivity contribution in [2.24, 2.45) is 0 Å². The maximum Gasteiger partial charge on any atom is 0.251 e. The summed E-state index contributed by atoms with van der Waals surface area (Å²) in [5.74, 6) is -3.30. The molecule has 0 saturated carbocycles. The highest BCUT2D eigenvalue weighted by Crippen LogP contribution is 2.33. The van der Waals surface area contributed by atoms with E-state index in [2.05, 4.69) is 28.2 Å². The van der Waals surface area contributed by atoms with Gasteiger partial charge in [0, 0.05) is 33.3 Å². The highest BCUT2D eigenvalue weighted by Gasteiger charge is 2.54. The normalized spacial score (nSPS) is 29.9. The van der Waals surface area contributed by atoms with Crippen molar-refractivity contribution >= 4 is 29.5 Å². The van der Waals surface area contributed by atoms with Gasteiger partial charge in [-0.25, -0.2) is 0 Å². The van der Waals surface area contributed by atoms with E-state index in [0.29, 0.717) is 12.4 Å². The van der Waals surface area contributed by atoms with Crippen LogP contribution in [-0.2, 0) is 61.8 Å². The van der Waals surface area contributed by atoms with Crippen LogP contribution in [0.1, 0.15) is 117 Å². The van der Waals surface area contributed by atoms with Crippen molar-refractivity contribution in [3.05, 3.63) is 29.8 Å². The fraction of sp³-hybridized carbons (Fsp3) is 0.807. The average molecular weight is 1280 g/mol. The van der Waals surface area contributed by atoms with E-state index in [0.717, 1.165) is 53.4 Å². The molecule has 5 amide bonds. The Morgan fingerprint density at radius 1 is 0.551 bits per heavy atom. The van der Waals surface area contributed by atoms with Crippen molar-refractivity contribution in [3.63, 3.8) is 0 Å². The molecular weight excluding hydrogens is 1190 g/mol. The number of aliphatic hydroxyl groups is 12. The van der Waals surface area contributed by atoms with Crippen LogP contribution in [-0.4, -0.2) is 278 Å². The maximum atomic E-state index is 13.9. The highest BCUT2D eigenvalue weighted by atomic mass is 16.8. The third-order valence-electron chi connectivity index (χ3n) is 15.0. The molecule has 0 aromatic heterocycles. The second-order valence-electron chi connectivity index (χ2n) is 22.3. The van der Waals surface area contributed by atoms with Gasteiger partial charge in [-0.1, -0.05) is 64.4 Å². The summed E-state index contributed by atoms with van der Waals surface area (Å²) in [5.41, 5.74) is 0.0752. The van der Waals surface area contributed by atoms with Crippen LogP contribution in [0.5, 0.6) is 5.75 Å². The van der Waals surface area contributed by atoms with Gasteiger partial charge in [-0.3, -0.25) is 24.0 Å². The van der Waals surface area contributed by atoms with Crippen molar-refractivity contribution in [3.8, 4) is 5.75 Å². The van der Waals surface area contributed by atoms with Gasteiger partial charge in [0.05, 0.1) is 58.4 Å². The number of carbonyl (C=O) groups is 5. The molecule has 12 unspecified atom stereocenters. The van der Waals surface area contributed by atoms with Gasteiger partial charge in [0.1, 0.15) is 97.1 Å². The summed E-state index contributed by atoms with van der Waals surface area (Å²) in [6, 6.07) is 0.0479. The Bertz CT molecular complexity index is 2270. The van der Waals surface area contributed by atoms with E-state index in [-0.39, 0.29) is 5.56 Å². The molecule has 3 heterocycles. The van der Waals surface area contributed by atoms with E-state index in [9.17, 15) is 85.3 Å². The molecule has 0 radical (unpaired) electrons. The number of hydrogen-bond acceptors (Lipinski definition) is 27. The summed E-state index contributed by atoms with van der Waals surface area (Å²) in [7, 11) is 0. The van der Waals surface area contributed by atoms with Crippen LogP contribution < -0.4 is 31.3 Å². The second kappa shape index (κ2) is 39.2. The number of aliphatic hydroxyl groups excluding tert-OH is 12. The van der Waals surface area contributed by atoms with E-state index < -0.39 is 210 Å². The molecule has 1 aromatic carbocycles. The van der Waals surface area contributed by atoms with Crippen molar-refractivity contribution in [2.45, 2.75) is 247 Å². The number of ether oxygens (including phenoxy) is 10. The summed E-state index contributed by atoms with van der Waals surface area (Å²) >= 11 is 0. The lowest BCUT2D eigenvalue weighted by atomic mass is 9.94. The first-order valence-electron chi connectivity index (χ1n) is 30.1. The predicted octanol–water partition coefficient (Wildman–Crippen LogP) is -4.77. The Kier molecular flexibility index (Phi) is 33.9. The lowest BCUT2D eigenvalue weighted by Gasteiger charge is -2.48. The van der Waals surface area contributed by atoms with Gasteiger partial charge in [0.25, 0.3) is 5.91 Å². The number of unbranched alkanes of at least 4 members (excludes halogenated alkanes) is 8. The SMILES string of the molecule is CCCCCCCCCCCOc1cccc(C(=O)N[C@@H]2C(O[C@H]3C(O)C(NC(C)=O)[C@H](OC(CO)C(CO)O[C@@H](O[C@H]4C(O)C(NC(C)=O)C(OC(C)C(CO)OC(O)[C@H](O)NC(C)=O)O[C@H]4CO)[C@H](C)NC(C)=O)O[C@H]3CO)OC(CO)[C@@H](O)[C@@H]2O)c1.